The molecule has 0 bridgehead atoms. The van der Waals surface area contributed by atoms with Crippen molar-refractivity contribution in [1.82, 2.24) is 30.2 Å². The standard InChI is InChI=1S/C14H16N6O.ClH/c1-10(15-2)6-13-18-14(21-19-13)11-7-17-20(9-11)12-4-3-5-16-8-12;/h3-5,7-10,15H,6H2,1-2H3;1H. The highest BCUT2D eigenvalue weighted by Crippen LogP contribution is 2.18. The van der Waals surface area contributed by atoms with Gasteiger partial charge in [-0.2, -0.15) is 10.1 Å². The predicted molar refractivity (Wildman–Crippen MR) is 84.1 cm³/mol. The van der Waals surface area contributed by atoms with Crippen molar-refractivity contribution >= 4 is 12.4 Å². The minimum Gasteiger partial charge on any atom is -0.334 e. The zero-order valence-corrected chi connectivity index (χ0v) is 13.1. The molecule has 0 saturated heterocycles. The molecule has 1 N–H and O–H groups in total. The highest BCUT2D eigenvalue weighted by molar-refractivity contribution is 5.85. The zero-order chi connectivity index (χ0) is 14.7. The topological polar surface area (TPSA) is 81.7 Å². The summed E-state index contributed by atoms with van der Waals surface area (Å²) in [6, 6.07) is 4.09. The number of hydrogen-bond donors (Lipinski definition) is 1. The Labute approximate surface area is 134 Å². The van der Waals surface area contributed by atoms with E-state index < -0.39 is 0 Å². The minimum atomic E-state index is 0. The number of hydrogen-bond acceptors (Lipinski definition) is 6. The molecule has 0 aliphatic heterocycles. The number of pyridine rings is 1. The normalized spacial score (nSPS) is 11.9. The van der Waals surface area contributed by atoms with Gasteiger partial charge < -0.3 is 9.84 Å². The minimum absolute atomic E-state index is 0. The van der Waals surface area contributed by atoms with E-state index in [1.807, 2.05) is 25.4 Å². The molecule has 3 rings (SSSR count). The number of aromatic nitrogens is 5. The van der Waals surface area contributed by atoms with Gasteiger partial charge in [-0.05, 0) is 26.1 Å². The summed E-state index contributed by atoms with van der Waals surface area (Å²) in [5.41, 5.74) is 1.67. The van der Waals surface area contributed by atoms with Crippen LogP contribution < -0.4 is 5.32 Å². The van der Waals surface area contributed by atoms with Gasteiger partial charge in [0.25, 0.3) is 5.89 Å². The van der Waals surface area contributed by atoms with Crippen LogP contribution in [-0.4, -0.2) is 38.0 Å². The van der Waals surface area contributed by atoms with Crippen LogP contribution in [0.5, 0.6) is 0 Å². The van der Waals surface area contributed by atoms with E-state index in [2.05, 4.69) is 32.5 Å². The quantitative estimate of drug-likeness (QED) is 0.773. The van der Waals surface area contributed by atoms with E-state index in [0.717, 1.165) is 17.7 Å². The highest BCUT2D eigenvalue weighted by atomic mass is 35.5. The van der Waals surface area contributed by atoms with E-state index in [0.29, 0.717) is 17.8 Å². The fraction of sp³-hybridized carbons (Fsp3) is 0.286. The van der Waals surface area contributed by atoms with Crippen LogP contribution in [0.3, 0.4) is 0 Å². The molecule has 1 unspecified atom stereocenters. The second-order valence-corrected chi connectivity index (χ2v) is 4.79. The van der Waals surface area contributed by atoms with Gasteiger partial charge in [0, 0.05) is 24.9 Å². The molecule has 0 aliphatic carbocycles. The van der Waals surface area contributed by atoms with Gasteiger partial charge in [0.2, 0.25) is 0 Å². The maximum absolute atomic E-state index is 5.29. The summed E-state index contributed by atoms with van der Waals surface area (Å²) >= 11 is 0. The van der Waals surface area contributed by atoms with Crippen LogP contribution in [0.15, 0.2) is 41.4 Å². The molecule has 0 amide bonds. The summed E-state index contributed by atoms with van der Waals surface area (Å²) in [5, 5.41) is 11.4. The van der Waals surface area contributed by atoms with Gasteiger partial charge in [0.1, 0.15) is 0 Å². The van der Waals surface area contributed by atoms with E-state index in [9.17, 15) is 0 Å². The third-order valence-corrected chi connectivity index (χ3v) is 3.19. The molecule has 3 heterocycles. The molecule has 0 radical (unpaired) electrons. The first kappa shape index (κ1) is 16.1. The first-order valence-corrected chi connectivity index (χ1v) is 6.71. The van der Waals surface area contributed by atoms with E-state index >= 15 is 0 Å². The molecular weight excluding hydrogens is 304 g/mol. The highest BCUT2D eigenvalue weighted by Gasteiger charge is 2.13. The maximum Gasteiger partial charge on any atom is 0.261 e. The molecule has 0 saturated carbocycles. The third kappa shape index (κ3) is 3.49. The summed E-state index contributed by atoms with van der Waals surface area (Å²) in [7, 11) is 1.91. The van der Waals surface area contributed by atoms with Gasteiger partial charge in [-0.3, -0.25) is 4.98 Å². The van der Waals surface area contributed by atoms with Gasteiger partial charge in [-0.15, -0.1) is 12.4 Å². The number of rotatable bonds is 5. The number of halogens is 1. The number of likely N-dealkylation sites (N-methyl/N-ethyl adjacent to an activating group) is 1. The van der Waals surface area contributed by atoms with E-state index in [4.69, 9.17) is 4.52 Å². The lowest BCUT2D eigenvalue weighted by Crippen LogP contribution is -2.24. The Morgan fingerprint density at radius 1 is 1.36 bits per heavy atom. The van der Waals surface area contributed by atoms with Crippen molar-refractivity contribution in [2.45, 2.75) is 19.4 Å². The monoisotopic (exact) mass is 320 g/mol. The predicted octanol–water partition coefficient (Wildman–Crippen LogP) is 1.89. The Morgan fingerprint density at radius 2 is 2.23 bits per heavy atom. The van der Waals surface area contributed by atoms with Crippen molar-refractivity contribution in [1.29, 1.82) is 0 Å². The Morgan fingerprint density at radius 3 is 2.95 bits per heavy atom. The van der Waals surface area contributed by atoms with Crippen LogP contribution in [0.25, 0.3) is 17.1 Å². The average molecular weight is 321 g/mol. The molecule has 1 atom stereocenters. The molecule has 3 aromatic rings. The molecule has 116 valence electrons. The molecule has 0 fully saturated rings. The molecule has 8 heteroatoms. The van der Waals surface area contributed by atoms with Gasteiger partial charge in [-0.1, -0.05) is 5.16 Å². The molecule has 0 spiro atoms. The van der Waals surface area contributed by atoms with Crippen molar-refractivity contribution < 1.29 is 4.52 Å². The van der Waals surface area contributed by atoms with Gasteiger partial charge in [0.05, 0.1) is 23.6 Å². The van der Waals surface area contributed by atoms with Crippen LogP contribution in [0.2, 0.25) is 0 Å². The maximum atomic E-state index is 5.29. The molecule has 7 nitrogen and oxygen atoms in total. The second kappa shape index (κ2) is 7.15. The first-order chi connectivity index (χ1) is 10.3. The summed E-state index contributed by atoms with van der Waals surface area (Å²) < 4.78 is 7.01. The Hall–Kier alpha value is -2.25. The SMILES string of the molecule is CNC(C)Cc1noc(-c2cnn(-c3cccnc3)c2)n1.Cl. The van der Waals surface area contributed by atoms with Crippen molar-refractivity contribution in [3.8, 4) is 17.1 Å². The summed E-state index contributed by atoms with van der Waals surface area (Å²) in [4.78, 5) is 8.46. The van der Waals surface area contributed by atoms with Crippen LogP contribution in [0, 0.1) is 0 Å². The average Bonchev–Trinajstić information content (AvgIpc) is 3.17. The summed E-state index contributed by atoms with van der Waals surface area (Å²) in [5.74, 6) is 1.16. The third-order valence-electron chi connectivity index (χ3n) is 3.19. The molecular formula is C14H17ClN6O. The Bertz CT molecular complexity index is 711. The summed E-state index contributed by atoms with van der Waals surface area (Å²) in [6.45, 7) is 2.07. The van der Waals surface area contributed by atoms with Gasteiger partial charge in [-0.25, -0.2) is 4.68 Å². The fourth-order valence-electron chi connectivity index (χ4n) is 1.89. The van der Waals surface area contributed by atoms with Gasteiger partial charge >= 0.3 is 0 Å². The molecule has 0 aliphatic rings. The van der Waals surface area contributed by atoms with E-state index in [1.165, 1.54) is 0 Å². The van der Waals surface area contributed by atoms with Crippen molar-refractivity contribution in [3.63, 3.8) is 0 Å². The van der Waals surface area contributed by atoms with E-state index in [1.54, 1.807) is 23.3 Å². The largest absolute Gasteiger partial charge is 0.334 e. The number of nitrogens with one attached hydrogen (secondary N) is 1. The van der Waals surface area contributed by atoms with Crippen LogP contribution in [0.4, 0.5) is 0 Å². The lowest BCUT2D eigenvalue weighted by molar-refractivity contribution is 0.418. The molecule has 3 aromatic heterocycles. The van der Waals surface area contributed by atoms with Crippen LogP contribution >= 0.6 is 12.4 Å². The smallest absolute Gasteiger partial charge is 0.261 e. The molecule has 22 heavy (non-hydrogen) atoms. The lowest BCUT2D eigenvalue weighted by Gasteiger charge is -2.04. The second-order valence-electron chi connectivity index (χ2n) is 4.79. The van der Waals surface area contributed by atoms with Crippen molar-refractivity contribution in [2.75, 3.05) is 7.05 Å². The van der Waals surface area contributed by atoms with Gasteiger partial charge in [0.15, 0.2) is 5.82 Å². The fourth-order valence-corrected chi connectivity index (χ4v) is 1.89. The first-order valence-electron chi connectivity index (χ1n) is 6.71. The van der Waals surface area contributed by atoms with Crippen molar-refractivity contribution in [2.24, 2.45) is 0 Å². The lowest BCUT2D eigenvalue weighted by atomic mass is 10.2. The Balaban J connectivity index is 0.00000176. The zero-order valence-electron chi connectivity index (χ0n) is 12.3. The van der Waals surface area contributed by atoms with Crippen LogP contribution in [0.1, 0.15) is 12.7 Å². The number of nitrogens with zero attached hydrogens (tertiary/aromatic N) is 5. The van der Waals surface area contributed by atoms with Crippen molar-refractivity contribution in [3.05, 3.63) is 42.7 Å². The molecule has 0 aromatic carbocycles. The van der Waals surface area contributed by atoms with Crippen LogP contribution in [-0.2, 0) is 6.42 Å². The summed E-state index contributed by atoms with van der Waals surface area (Å²) in [6.07, 6.45) is 7.73. The Kier molecular flexibility index (Phi) is 5.24. The van der Waals surface area contributed by atoms with E-state index in [-0.39, 0.29) is 12.4 Å².